The van der Waals surface area contributed by atoms with E-state index in [4.69, 9.17) is 5.11 Å². The van der Waals surface area contributed by atoms with Crippen LogP contribution >= 0.6 is 0 Å². The zero-order chi connectivity index (χ0) is 20.6. The Morgan fingerprint density at radius 2 is 1.31 bits per heavy atom. The van der Waals surface area contributed by atoms with E-state index in [1.54, 1.807) is 23.9 Å². The summed E-state index contributed by atoms with van der Waals surface area (Å²) in [5, 5.41) is 18.5. The lowest BCUT2D eigenvalue weighted by molar-refractivity contribution is -0.159. The highest BCUT2D eigenvalue weighted by molar-refractivity contribution is 5.84. The summed E-state index contributed by atoms with van der Waals surface area (Å²) >= 11 is 0. The van der Waals surface area contributed by atoms with Gasteiger partial charge in [-0.25, -0.2) is 0 Å². The summed E-state index contributed by atoms with van der Waals surface area (Å²) in [6, 6.07) is 0. The molecule has 4 unspecified atom stereocenters. The second-order valence-corrected chi connectivity index (χ2v) is 8.71. The van der Waals surface area contributed by atoms with Gasteiger partial charge in [0.05, 0.1) is 18.4 Å². The Bertz CT molecular complexity index is 572. The first-order valence-corrected chi connectivity index (χ1v) is 9.09. The predicted molar refractivity (Wildman–Crippen MR) is 98.4 cm³/mol. The second kappa shape index (κ2) is 7.55. The van der Waals surface area contributed by atoms with Crippen LogP contribution in [0.15, 0.2) is 0 Å². The van der Waals surface area contributed by atoms with Gasteiger partial charge in [0.25, 0.3) is 0 Å². The lowest BCUT2D eigenvalue weighted by Gasteiger charge is -2.47. The number of rotatable bonds is 1. The smallest absolute Gasteiger partial charge is 0.307 e. The van der Waals surface area contributed by atoms with Crippen LogP contribution in [-0.4, -0.2) is 69.1 Å². The molecule has 0 aromatic heterocycles. The Morgan fingerprint density at radius 3 is 1.73 bits per heavy atom. The molecule has 0 spiro atoms. The van der Waals surface area contributed by atoms with Crippen molar-refractivity contribution in [3.8, 4) is 0 Å². The molecular formula is C19H34N2O5. The molecule has 4 atom stereocenters. The first kappa shape index (κ1) is 22.4. The van der Waals surface area contributed by atoms with Crippen LogP contribution in [-0.2, 0) is 14.4 Å². The van der Waals surface area contributed by atoms with Gasteiger partial charge in [-0.15, -0.1) is 0 Å². The quantitative estimate of drug-likeness (QED) is 0.730. The number of amides is 2. The van der Waals surface area contributed by atoms with Crippen LogP contribution in [0.25, 0.3) is 0 Å². The maximum Gasteiger partial charge on any atom is 0.307 e. The number of aliphatic carboxylic acids is 1. The third kappa shape index (κ3) is 4.03. The normalized spacial score (nSPS) is 33.4. The van der Waals surface area contributed by atoms with Crippen molar-refractivity contribution in [2.24, 2.45) is 17.8 Å². The van der Waals surface area contributed by atoms with Gasteiger partial charge >= 0.3 is 5.97 Å². The standard InChI is InChI=1S/C10H17NO3.C9H17NO2/c1-6-7(9(13)14)5-8(12)11(4)10(6,2)3;1-6-7(11)5-8(12)10(4)9(6,2)3/h6-7H,5H2,1-4H3,(H,13,14);6-7,11H,5H2,1-4H3. The number of aliphatic hydroxyl groups excluding tert-OH is 1. The van der Waals surface area contributed by atoms with Crippen LogP contribution in [0.1, 0.15) is 54.4 Å². The predicted octanol–water partition coefficient (Wildman–Crippen LogP) is 1.59. The van der Waals surface area contributed by atoms with Gasteiger partial charge in [0.15, 0.2) is 0 Å². The largest absolute Gasteiger partial charge is 0.481 e. The highest BCUT2D eigenvalue weighted by Crippen LogP contribution is 2.36. The minimum atomic E-state index is -0.868. The molecule has 2 saturated heterocycles. The van der Waals surface area contributed by atoms with Gasteiger partial charge in [-0.2, -0.15) is 0 Å². The van der Waals surface area contributed by atoms with Gasteiger partial charge in [-0.05, 0) is 33.6 Å². The topological polar surface area (TPSA) is 98.1 Å². The molecule has 150 valence electrons. The molecule has 2 aliphatic heterocycles. The Morgan fingerprint density at radius 1 is 0.923 bits per heavy atom. The highest BCUT2D eigenvalue weighted by Gasteiger charge is 2.46. The van der Waals surface area contributed by atoms with E-state index < -0.39 is 18.0 Å². The zero-order valence-electron chi connectivity index (χ0n) is 17.2. The zero-order valence-corrected chi connectivity index (χ0v) is 17.2. The van der Waals surface area contributed by atoms with E-state index >= 15 is 0 Å². The Balaban J connectivity index is 0.000000263. The number of piperidine rings is 2. The number of carbonyl (C=O) groups is 3. The first-order chi connectivity index (χ1) is 11.7. The molecule has 0 saturated carbocycles. The van der Waals surface area contributed by atoms with Crippen molar-refractivity contribution in [2.45, 2.75) is 71.6 Å². The van der Waals surface area contributed by atoms with Crippen molar-refractivity contribution in [1.82, 2.24) is 9.80 Å². The van der Waals surface area contributed by atoms with Crippen molar-refractivity contribution in [2.75, 3.05) is 14.1 Å². The number of carboxylic acids is 1. The molecule has 2 aliphatic rings. The van der Waals surface area contributed by atoms with Gasteiger partial charge in [0.1, 0.15) is 0 Å². The van der Waals surface area contributed by atoms with Crippen molar-refractivity contribution in [3.05, 3.63) is 0 Å². The molecule has 2 fully saturated rings. The number of hydrogen-bond donors (Lipinski definition) is 2. The fraction of sp³-hybridized carbons (Fsp3) is 0.842. The Kier molecular flexibility index (Phi) is 6.50. The van der Waals surface area contributed by atoms with Gasteiger partial charge in [-0.3, -0.25) is 14.4 Å². The maximum absolute atomic E-state index is 11.5. The number of aliphatic hydroxyl groups is 1. The number of carbonyl (C=O) groups excluding carboxylic acids is 2. The van der Waals surface area contributed by atoms with Crippen molar-refractivity contribution >= 4 is 17.8 Å². The van der Waals surface area contributed by atoms with Crippen LogP contribution in [0, 0.1) is 17.8 Å². The van der Waals surface area contributed by atoms with E-state index in [2.05, 4.69) is 0 Å². The lowest BCUT2D eigenvalue weighted by atomic mass is 9.73. The number of likely N-dealkylation sites (tertiary alicyclic amines) is 2. The van der Waals surface area contributed by atoms with E-state index in [9.17, 15) is 19.5 Å². The third-order valence-electron chi connectivity index (χ3n) is 6.98. The maximum atomic E-state index is 11.5. The van der Waals surface area contributed by atoms with Crippen LogP contribution in [0.4, 0.5) is 0 Å². The average Bonchev–Trinajstić information content (AvgIpc) is 2.54. The summed E-state index contributed by atoms with van der Waals surface area (Å²) in [5.41, 5.74) is -0.604. The van der Waals surface area contributed by atoms with Crippen LogP contribution in [0.2, 0.25) is 0 Å². The molecular weight excluding hydrogens is 336 g/mol. The minimum Gasteiger partial charge on any atom is -0.481 e. The van der Waals surface area contributed by atoms with Gasteiger partial charge in [-0.1, -0.05) is 13.8 Å². The monoisotopic (exact) mass is 370 g/mol. The first-order valence-electron chi connectivity index (χ1n) is 9.09. The summed E-state index contributed by atoms with van der Waals surface area (Å²) in [4.78, 5) is 37.2. The Hall–Kier alpha value is -1.63. The van der Waals surface area contributed by atoms with E-state index in [1.165, 1.54) is 0 Å². The fourth-order valence-electron chi connectivity index (χ4n) is 3.51. The van der Waals surface area contributed by atoms with E-state index in [-0.39, 0.29) is 47.6 Å². The number of hydrogen-bond acceptors (Lipinski definition) is 4. The summed E-state index contributed by atoms with van der Waals surface area (Å²) < 4.78 is 0. The molecule has 2 N–H and O–H groups in total. The molecule has 0 bridgehead atoms. The van der Waals surface area contributed by atoms with Gasteiger partial charge in [0.2, 0.25) is 11.8 Å². The van der Waals surface area contributed by atoms with Crippen LogP contribution < -0.4 is 0 Å². The average molecular weight is 370 g/mol. The molecule has 2 rings (SSSR count). The number of carboxylic acid groups (broad SMARTS) is 1. The molecule has 7 nitrogen and oxygen atoms in total. The molecule has 0 aromatic rings. The minimum absolute atomic E-state index is 0.0253. The summed E-state index contributed by atoms with van der Waals surface area (Å²) in [6.45, 7) is 11.7. The molecule has 0 aromatic carbocycles. The van der Waals surface area contributed by atoms with Crippen molar-refractivity contribution in [1.29, 1.82) is 0 Å². The second-order valence-electron chi connectivity index (χ2n) is 8.71. The summed E-state index contributed by atoms with van der Waals surface area (Å²) in [7, 11) is 3.53. The molecule has 0 aliphatic carbocycles. The fourth-order valence-corrected chi connectivity index (χ4v) is 3.51. The van der Waals surface area contributed by atoms with Crippen molar-refractivity contribution in [3.63, 3.8) is 0 Å². The molecule has 26 heavy (non-hydrogen) atoms. The van der Waals surface area contributed by atoms with Gasteiger partial charge < -0.3 is 20.0 Å². The van der Waals surface area contributed by atoms with E-state index in [1.807, 2.05) is 41.5 Å². The molecule has 2 amide bonds. The Labute approximate surface area is 156 Å². The molecule has 2 heterocycles. The van der Waals surface area contributed by atoms with Gasteiger partial charge in [0, 0.05) is 37.5 Å². The molecule has 7 heteroatoms. The molecule has 0 radical (unpaired) electrons. The SMILES string of the molecule is CC1C(C(=O)O)CC(=O)N(C)C1(C)C.CC1C(O)CC(=O)N(C)C1(C)C. The summed E-state index contributed by atoms with van der Waals surface area (Å²) in [6.07, 6.45) is -0.0963. The lowest BCUT2D eigenvalue weighted by Crippen LogP contribution is -2.58. The number of nitrogens with zero attached hydrogens (tertiary/aromatic N) is 2. The van der Waals surface area contributed by atoms with Crippen LogP contribution in [0.3, 0.4) is 0 Å². The van der Waals surface area contributed by atoms with E-state index in [0.29, 0.717) is 0 Å². The van der Waals surface area contributed by atoms with Crippen LogP contribution in [0.5, 0.6) is 0 Å². The summed E-state index contributed by atoms with van der Waals surface area (Å²) in [5.74, 6) is -1.35. The van der Waals surface area contributed by atoms with E-state index in [0.717, 1.165) is 0 Å². The van der Waals surface area contributed by atoms with Crippen molar-refractivity contribution < 1.29 is 24.6 Å². The highest BCUT2D eigenvalue weighted by atomic mass is 16.4. The third-order valence-corrected chi connectivity index (χ3v) is 6.98.